The van der Waals surface area contributed by atoms with Crippen LogP contribution in [0.3, 0.4) is 0 Å². The third-order valence-corrected chi connectivity index (χ3v) is 3.78. The van der Waals surface area contributed by atoms with Gasteiger partial charge in [0.05, 0.1) is 6.54 Å². The Morgan fingerprint density at radius 1 is 1.24 bits per heavy atom. The van der Waals surface area contributed by atoms with Crippen LogP contribution in [0.4, 0.5) is 5.69 Å². The van der Waals surface area contributed by atoms with Crippen LogP contribution in [0.1, 0.15) is 24.6 Å². The summed E-state index contributed by atoms with van der Waals surface area (Å²) in [5, 5.41) is 7.33. The molecule has 0 aliphatic carbocycles. The molecule has 2 heterocycles. The fourth-order valence-electron chi connectivity index (χ4n) is 2.47. The van der Waals surface area contributed by atoms with Gasteiger partial charge in [0.25, 0.3) is 0 Å². The highest BCUT2D eigenvalue weighted by Crippen LogP contribution is 2.33. The largest absolute Gasteiger partial charge is 0.381 e. The third kappa shape index (κ3) is 3.06. The van der Waals surface area contributed by atoms with E-state index in [1.165, 1.54) is 0 Å². The fraction of sp³-hybridized carbons (Fsp3) is 0.467. The van der Waals surface area contributed by atoms with Crippen molar-refractivity contribution in [2.24, 2.45) is 0 Å². The van der Waals surface area contributed by atoms with E-state index in [9.17, 15) is 0 Å². The maximum atomic E-state index is 5.66. The third-order valence-electron chi connectivity index (χ3n) is 3.78. The predicted molar refractivity (Wildman–Crippen MR) is 76.8 cm³/mol. The minimum absolute atomic E-state index is 0.479. The van der Waals surface area contributed by atoms with E-state index in [0.29, 0.717) is 31.5 Å². The molecule has 3 rings (SSSR count). The quantitative estimate of drug-likeness (QED) is 0.911. The molecule has 1 aromatic heterocycles. The number of rotatable bonds is 5. The van der Waals surface area contributed by atoms with E-state index in [-0.39, 0.29) is 0 Å². The van der Waals surface area contributed by atoms with Gasteiger partial charge in [-0.1, -0.05) is 23.4 Å². The van der Waals surface area contributed by atoms with Crippen molar-refractivity contribution in [1.82, 2.24) is 10.1 Å². The number of nitrogens with zero attached hydrogens (tertiary/aromatic N) is 2. The van der Waals surface area contributed by atoms with Crippen molar-refractivity contribution in [2.45, 2.75) is 25.0 Å². The predicted octanol–water partition coefficient (Wildman–Crippen LogP) is 2.33. The minimum Gasteiger partial charge on any atom is -0.381 e. The molecular formula is C15H19N3O3. The SMILES string of the molecule is COC1(c2noc(CNc3ccccc3)n2)CCOCC1. The van der Waals surface area contributed by atoms with Crippen LogP contribution in [-0.2, 0) is 21.6 Å². The molecule has 1 N–H and O–H groups in total. The Balaban J connectivity index is 1.68. The van der Waals surface area contributed by atoms with E-state index in [1.54, 1.807) is 7.11 Å². The Kier molecular flexibility index (Phi) is 4.17. The topological polar surface area (TPSA) is 69.4 Å². The highest BCUT2D eigenvalue weighted by atomic mass is 16.5. The Morgan fingerprint density at radius 2 is 2.00 bits per heavy atom. The van der Waals surface area contributed by atoms with Crippen LogP contribution in [0, 0.1) is 0 Å². The van der Waals surface area contributed by atoms with Crippen LogP contribution in [0.15, 0.2) is 34.9 Å². The van der Waals surface area contributed by atoms with Gasteiger partial charge < -0.3 is 19.3 Å². The van der Waals surface area contributed by atoms with Gasteiger partial charge in [-0.25, -0.2) is 0 Å². The summed E-state index contributed by atoms with van der Waals surface area (Å²) < 4.78 is 16.4. The maximum absolute atomic E-state index is 5.66. The molecule has 0 radical (unpaired) electrons. The molecule has 0 saturated carbocycles. The summed E-state index contributed by atoms with van der Waals surface area (Å²) in [6.45, 7) is 1.80. The van der Waals surface area contributed by atoms with E-state index >= 15 is 0 Å². The number of methoxy groups -OCH3 is 1. The summed E-state index contributed by atoms with van der Waals surface area (Å²) in [7, 11) is 1.68. The maximum Gasteiger partial charge on any atom is 0.246 e. The number of hydrogen-bond acceptors (Lipinski definition) is 6. The van der Waals surface area contributed by atoms with Gasteiger partial charge in [0, 0.05) is 38.9 Å². The van der Waals surface area contributed by atoms with Gasteiger partial charge in [0.1, 0.15) is 5.60 Å². The molecule has 21 heavy (non-hydrogen) atoms. The lowest BCUT2D eigenvalue weighted by atomic mass is 9.93. The Morgan fingerprint density at radius 3 is 2.71 bits per heavy atom. The zero-order valence-corrected chi connectivity index (χ0v) is 12.0. The lowest BCUT2D eigenvalue weighted by molar-refractivity contribution is -0.101. The van der Waals surface area contributed by atoms with Crippen molar-refractivity contribution in [3.63, 3.8) is 0 Å². The number of hydrogen-bond donors (Lipinski definition) is 1. The van der Waals surface area contributed by atoms with Crippen LogP contribution in [0.2, 0.25) is 0 Å². The number of aromatic nitrogens is 2. The molecule has 1 fully saturated rings. The number of nitrogens with one attached hydrogen (secondary N) is 1. The van der Waals surface area contributed by atoms with E-state index < -0.39 is 5.60 Å². The van der Waals surface area contributed by atoms with Crippen molar-refractivity contribution in [1.29, 1.82) is 0 Å². The number of ether oxygens (including phenoxy) is 2. The summed E-state index contributed by atoms with van der Waals surface area (Å²) in [4.78, 5) is 4.47. The lowest BCUT2D eigenvalue weighted by Crippen LogP contribution is -2.36. The van der Waals surface area contributed by atoms with Gasteiger partial charge in [-0.3, -0.25) is 0 Å². The van der Waals surface area contributed by atoms with Crippen molar-refractivity contribution >= 4 is 5.69 Å². The van der Waals surface area contributed by atoms with Crippen molar-refractivity contribution in [3.05, 3.63) is 42.0 Å². The molecule has 0 atom stereocenters. The fourth-order valence-corrected chi connectivity index (χ4v) is 2.47. The highest BCUT2D eigenvalue weighted by molar-refractivity contribution is 5.42. The molecule has 112 valence electrons. The van der Waals surface area contributed by atoms with Gasteiger partial charge in [-0.2, -0.15) is 4.98 Å². The van der Waals surface area contributed by atoms with Crippen LogP contribution >= 0.6 is 0 Å². The van der Waals surface area contributed by atoms with Gasteiger partial charge in [0.15, 0.2) is 0 Å². The molecule has 6 heteroatoms. The zero-order chi connectivity index (χ0) is 14.5. The molecule has 0 unspecified atom stereocenters. The first-order chi connectivity index (χ1) is 10.3. The molecule has 1 aliphatic rings. The van der Waals surface area contributed by atoms with Gasteiger partial charge >= 0.3 is 0 Å². The average Bonchev–Trinajstić information content (AvgIpc) is 3.04. The lowest BCUT2D eigenvalue weighted by Gasteiger charge is -2.32. The summed E-state index contributed by atoms with van der Waals surface area (Å²) >= 11 is 0. The van der Waals surface area contributed by atoms with Crippen molar-refractivity contribution in [2.75, 3.05) is 25.6 Å². The van der Waals surface area contributed by atoms with Gasteiger partial charge in [0.2, 0.25) is 11.7 Å². The van der Waals surface area contributed by atoms with E-state index in [2.05, 4.69) is 15.5 Å². The molecule has 1 saturated heterocycles. The minimum atomic E-state index is -0.479. The molecule has 2 aromatic rings. The molecular weight excluding hydrogens is 270 g/mol. The Bertz CT molecular complexity index is 565. The van der Waals surface area contributed by atoms with E-state index in [1.807, 2.05) is 30.3 Å². The Labute approximate surface area is 123 Å². The first-order valence-electron chi connectivity index (χ1n) is 7.07. The first-order valence-corrected chi connectivity index (χ1v) is 7.07. The summed E-state index contributed by atoms with van der Waals surface area (Å²) in [5.41, 5.74) is 0.539. The second-order valence-electron chi connectivity index (χ2n) is 5.04. The number of para-hydroxylation sites is 1. The van der Waals surface area contributed by atoms with Crippen molar-refractivity contribution in [3.8, 4) is 0 Å². The average molecular weight is 289 g/mol. The zero-order valence-electron chi connectivity index (χ0n) is 12.0. The van der Waals surface area contributed by atoms with Gasteiger partial charge in [-0.15, -0.1) is 0 Å². The van der Waals surface area contributed by atoms with Crippen molar-refractivity contribution < 1.29 is 14.0 Å². The van der Waals surface area contributed by atoms with Crippen LogP contribution < -0.4 is 5.32 Å². The molecule has 1 aromatic carbocycles. The normalized spacial score (nSPS) is 17.6. The summed E-state index contributed by atoms with van der Waals surface area (Å²) in [5.74, 6) is 1.16. The first kappa shape index (κ1) is 14.0. The Hall–Kier alpha value is -1.92. The van der Waals surface area contributed by atoms with Crippen LogP contribution in [0.5, 0.6) is 0 Å². The van der Waals surface area contributed by atoms with E-state index in [4.69, 9.17) is 14.0 Å². The van der Waals surface area contributed by atoms with Crippen LogP contribution in [0.25, 0.3) is 0 Å². The number of benzene rings is 1. The highest BCUT2D eigenvalue weighted by Gasteiger charge is 2.39. The molecule has 0 bridgehead atoms. The molecule has 6 nitrogen and oxygen atoms in total. The number of anilines is 1. The van der Waals surface area contributed by atoms with Crippen LogP contribution in [-0.4, -0.2) is 30.5 Å². The second-order valence-corrected chi connectivity index (χ2v) is 5.04. The molecule has 0 amide bonds. The monoisotopic (exact) mass is 289 g/mol. The summed E-state index contributed by atoms with van der Waals surface area (Å²) in [6.07, 6.45) is 1.49. The second kappa shape index (κ2) is 6.24. The molecule has 1 aliphatic heterocycles. The molecule has 0 spiro atoms. The summed E-state index contributed by atoms with van der Waals surface area (Å²) in [6, 6.07) is 9.91. The standard InChI is InChI=1S/C15H19N3O3/c1-19-15(7-9-20-10-8-15)14-17-13(21-18-14)11-16-12-5-3-2-4-6-12/h2-6,16H,7-11H2,1H3. The van der Waals surface area contributed by atoms with Gasteiger partial charge in [-0.05, 0) is 12.1 Å². The smallest absolute Gasteiger partial charge is 0.246 e. The van der Waals surface area contributed by atoms with E-state index in [0.717, 1.165) is 18.5 Å².